The first-order valence-corrected chi connectivity index (χ1v) is 6.64. The van der Waals surface area contributed by atoms with Gasteiger partial charge >= 0.3 is 0 Å². The molecular formula is C12H14BrN3O. The van der Waals surface area contributed by atoms with Crippen LogP contribution in [0, 0.1) is 6.92 Å². The smallest absolute Gasteiger partial charge is 0.113 e. The van der Waals surface area contributed by atoms with Crippen LogP contribution >= 0.6 is 15.9 Å². The molecule has 2 aromatic rings. The maximum atomic E-state index is 5.63. The predicted octanol–water partition coefficient (Wildman–Crippen LogP) is 2.68. The first-order chi connectivity index (χ1) is 8.24. The summed E-state index contributed by atoms with van der Waals surface area (Å²) in [6.45, 7) is 3.54. The largest absolute Gasteiger partial charge is 0.376 e. The van der Waals surface area contributed by atoms with Crippen molar-refractivity contribution in [2.45, 2.75) is 32.4 Å². The third-order valence-corrected chi connectivity index (χ3v) is 3.83. The van der Waals surface area contributed by atoms with Gasteiger partial charge in [0.2, 0.25) is 0 Å². The Balaban J connectivity index is 1.80. The molecule has 1 saturated carbocycles. The standard InChI is InChI=1S/C12H14BrN3O/c1-8-6-11-12(7-10(8)13)16(15-14-11)4-5-17-9-2-3-9/h6-7,9H,2-5H2,1H3. The normalized spacial score (nSPS) is 15.6. The van der Waals surface area contributed by atoms with E-state index in [0.29, 0.717) is 12.7 Å². The fraction of sp³-hybridized carbons (Fsp3) is 0.500. The molecule has 1 fully saturated rings. The molecule has 3 rings (SSSR count). The molecule has 0 N–H and O–H groups in total. The number of hydrogen-bond donors (Lipinski definition) is 0. The van der Waals surface area contributed by atoms with Crippen LogP contribution in [0.15, 0.2) is 16.6 Å². The van der Waals surface area contributed by atoms with E-state index in [9.17, 15) is 0 Å². The minimum Gasteiger partial charge on any atom is -0.376 e. The molecule has 1 aromatic heterocycles. The predicted molar refractivity (Wildman–Crippen MR) is 68.9 cm³/mol. The van der Waals surface area contributed by atoms with Gasteiger partial charge in [0.05, 0.1) is 24.8 Å². The molecule has 0 saturated heterocycles. The minimum atomic E-state index is 0.499. The fourth-order valence-corrected chi connectivity index (χ4v) is 2.13. The Kier molecular flexibility index (Phi) is 2.88. The monoisotopic (exact) mass is 295 g/mol. The van der Waals surface area contributed by atoms with Gasteiger partial charge in [-0.15, -0.1) is 5.10 Å². The van der Waals surface area contributed by atoms with Crippen molar-refractivity contribution in [3.63, 3.8) is 0 Å². The van der Waals surface area contributed by atoms with Gasteiger partial charge in [0, 0.05) is 4.47 Å². The van der Waals surface area contributed by atoms with Crippen LogP contribution in [0.1, 0.15) is 18.4 Å². The van der Waals surface area contributed by atoms with Crippen molar-refractivity contribution in [1.82, 2.24) is 15.0 Å². The summed E-state index contributed by atoms with van der Waals surface area (Å²) < 4.78 is 8.63. The van der Waals surface area contributed by atoms with E-state index in [4.69, 9.17) is 4.74 Å². The lowest BCUT2D eigenvalue weighted by Crippen LogP contribution is -2.08. The third kappa shape index (κ3) is 2.35. The second-order valence-electron chi connectivity index (χ2n) is 4.47. The van der Waals surface area contributed by atoms with E-state index in [1.165, 1.54) is 18.4 Å². The average Bonchev–Trinajstić information content (AvgIpc) is 3.05. The van der Waals surface area contributed by atoms with Gasteiger partial charge in [0.1, 0.15) is 5.52 Å². The maximum absolute atomic E-state index is 5.63. The first kappa shape index (κ1) is 11.2. The average molecular weight is 296 g/mol. The van der Waals surface area contributed by atoms with E-state index in [1.54, 1.807) is 0 Å². The zero-order valence-corrected chi connectivity index (χ0v) is 11.3. The number of nitrogens with zero attached hydrogens (tertiary/aromatic N) is 3. The van der Waals surface area contributed by atoms with Crippen LogP contribution in [0.25, 0.3) is 11.0 Å². The molecule has 5 heteroatoms. The quantitative estimate of drug-likeness (QED) is 0.871. The highest BCUT2D eigenvalue weighted by atomic mass is 79.9. The Morgan fingerprint density at radius 2 is 2.29 bits per heavy atom. The Morgan fingerprint density at radius 3 is 3.06 bits per heavy atom. The molecule has 4 nitrogen and oxygen atoms in total. The molecule has 1 aliphatic rings. The number of rotatable bonds is 4. The fourth-order valence-electron chi connectivity index (χ4n) is 1.80. The minimum absolute atomic E-state index is 0.499. The van der Waals surface area contributed by atoms with E-state index in [2.05, 4.69) is 39.2 Å². The van der Waals surface area contributed by atoms with E-state index in [-0.39, 0.29) is 0 Å². The lowest BCUT2D eigenvalue weighted by atomic mass is 10.2. The number of ether oxygens (including phenoxy) is 1. The van der Waals surface area contributed by atoms with Crippen LogP contribution in [-0.2, 0) is 11.3 Å². The highest BCUT2D eigenvalue weighted by Crippen LogP contribution is 2.24. The second-order valence-corrected chi connectivity index (χ2v) is 5.33. The molecule has 0 bridgehead atoms. The summed E-state index contributed by atoms with van der Waals surface area (Å²) in [6.07, 6.45) is 2.92. The number of halogens is 1. The molecule has 1 aliphatic carbocycles. The van der Waals surface area contributed by atoms with Gasteiger partial charge in [-0.05, 0) is 37.5 Å². The van der Waals surface area contributed by atoms with Crippen molar-refractivity contribution in [2.75, 3.05) is 6.61 Å². The maximum Gasteiger partial charge on any atom is 0.113 e. The van der Waals surface area contributed by atoms with E-state index in [1.807, 2.05) is 10.7 Å². The Bertz CT molecular complexity index is 548. The summed E-state index contributed by atoms with van der Waals surface area (Å²) in [5.41, 5.74) is 3.18. The Hall–Kier alpha value is -0.940. The number of aromatic nitrogens is 3. The molecule has 0 aliphatic heterocycles. The van der Waals surface area contributed by atoms with Crippen molar-refractivity contribution in [1.29, 1.82) is 0 Å². The molecule has 0 amide bonds. The summed E-state index contributed by atoms with van der Waals surface area (Å²) in [6, 6.07) is 4.12. The Morgan fingerprint density at radius 1 is 1.47 bits per heavy atom. The second kappa shape index (κ2) is 4.38. The number of hydrogen-bond acceptors (Lipinski definition) is 3. The van der Waals surface area contributed by atoms with Gasteiger partial charge < -0.3 is 4.74 Å². The molecular weight excluding hydrogens is 282 g/mol. The van der Waals surface area contributed by atoms with Crippen molar-refractivity contribution in [3.05, 3.63) is 22.2 Å². The zero-order valence-electron chi connectivity index (χ0n) is 9.69. The molecule has 1 heterocycles. The Labute approximate surface area is 108 Å². The number of benzene rings is 1. The van der Waals surface area contributed by atoms with E-state index < -0.39 is 0 Å². The van der Waals surface area contributed by atoms with Crippen LogP contribution in [0.3, 0.4) is 0 Å². The van der Waals surface area contributed by atoms with Crippen molar-refractivity contribution in [2.24, 2.45) is 0 Å². The molecule has 0 radical (unpaired) electrons. The van der Waals surface area contributed by atoms with E-state index in [0.717, 1.165) is 22.1 Å². The summed E-state index contributed by atoms with van der Waals surface area (Å²) >= 11 is 3.54. The third-order valence-electron chi connectivity index (χ3n) is 2.98. The van der Waals surface area contributed by atoms with Crippen LogP contribution in [-0.4, -0.2) is 27.7 Å². The lowest BCUT2D eigenvalue weighted by molar-refractivity contribution is 0.110. The van der Waals surface area contributed by atoms with Gasteiger partial charge in [-0.2, -0.15) is 0 Å². The first-order valence-electron chi connectivity index (χ1n) is 5.85. The van der Waals surface area contributed by atoms with Crippen LogP contribution in [0.2, 0.25) is 0 Å². The number of fused-ring (bicyclic) bond motifs is 1. The van der Waals surface area contributed by atoms with E-state index >= 15 is 0 Å². The van der Waals surface area contributed by atoms with Crippen LogP contribution in [0.5, 0.6) is 0 Å². The van der Waals surface area contributed by atoms with Crippen molar-refractivity contribution >= 4 is 27.0 Å². The van der Waals surface area contributed by atoms with Crippen LogP contribution < -0.4 is 0 Å². The van der Waals surface area contributed by atoms with Crippen LogP contribution in [0.4, 0.5) is 0 Å². The van der Waals surface area contributed by atoms with Gasteiger partial charge in [-0.1, -0.05) is 21.1 Å². The summed E-state index contributed by atoms with van der Waals surface area (Å²) in [4.78, 5) is 0. The zero-order chi connectivity index (χ0) is 11.8. The number of aryl methyl sites for hydroxylation is 1. The van der Waals surface area contributed by atoms with Gasteiger partial charge in [-0.3, -0.25) is 0 Å². The summed E-state index contributed by atoms with van der Waals surface area (Å²) in [5.74, 6) is 0. The molecule has 90 valence electrons. The molecule has 17 heavy (non-hydrogen) atoms. The van der Waals surface area contributed by atoms with Gasteiger partial charge in [0.25, 0.3) is 0 Å². The topological polar surface area (TPSA) is 39.9 Å². The SMILES string of the molecule is Cc1cc2nnn(CCOC3CC3)c2cc1Br. The molecule has 0 atom stereocenters. The van der Waals surface area contributed by atoms with Crippen molar-refractivity contribution in [3.8, 4) is 0 Å². The summed E-state index contributed by atoms with van der Waals surface area (Å²) in [7, 11) is 0. The summed E-state index contributed by atoms with van der Waals surface area (Å²) in [5, 5.41) is 8.33. The molecule has 0 spiro atoms. The highest BCUT2D eigenvalue weighted by molar-refractivity contribution is 9.10. The molecule has 0 unspecified atom stereocenters. The van der Waals surface area contributed by atoms with Crippen molar-refractivity contribution < 1.29 is 4.74 Å². The lowest BCUT2D eigenvalue weighted by Gasteiger charge is -2.04. The van der Waals surface area contributed by atoms with Gasteiger partial charge in [0.15, 0.2) is 0 Å². The molecule has 1 aromatic carbocycles. The van der Waals surface area contributed by atoms with Gasteiger partial charge in [-0.25, -0.2) is 4.68 Å². The highest BCUT2D eigenvalue weighted by Gasteiger charge is 2.21.